The molecule has 1 aliphatic heterocycles. The highest BCUT2D eigenvalue weighted by molar-refractivity contribution is 7.89. The zero-order valence-corrected chi connectivity index (χ0v) is 13.9. The van der Waals surface area contributed by atoms with Crippen LogP contribution in [0.4, 0.5) is 5.69 Å². The van der Waals surface area contributed by atoms with Gasteiger partial charge in [-0.15, -0.1) is 12.4 Å². The van der Waals surface area contributed by atoms with Crippen molar-refractivity contribution in [3.05, 3.63) is 24.3 Å². The van der Waals surface area contributed by atoms with Crippen LogP contribution in [0.5, 0.6) is 0 Å². The van der Waals surface area contributed by atoms with Gasteiger partial charge >= 0.3 is 0 Å². The van der Waals surface area contributed by atoms with Gasteiger partial charge in [0.2, 0.25) is 21.8 Å². The quantitative estimate of drug-likeness (QED) is 0.629. The van der Waals surface area contributed by atoms with Gasteiger partial charge in [0.25, 0.3) is 0 Å². The van der Waals surface area contributed by atoms with Crippen molar-refractivity contribution >= 4 is 39.9 Å². The Morgan fingerprint density at radius 3 is 2.70 bits per heavy atom. The van der Waals surface area contributed by atoms with Crippen LogP contribution in [0, 0.1) is 5.92 Å². The number of anilines is 1. The van der Waals surface area contributed by atoms with Crippen molar-refractivity contribution in [2.75, 3.05) is 24.5 Å². The first-order valence-corrected chi connectivity index (χ1v) is 8.28. The number of nitrogens with one attached hydrogen (secondary N) is 1. The molecule has 0 aromatic heterocycles. The van der Waals surface area contributed by atoms with E-state index in [4.69, 9.17) is 10.9 Å². The van der Waals surface area contributed by atoms with E-state index in [0.717, 1.165) is 0 Å². The summed E-state index contributed by atoms with van der Waals surface area (Å²) in [5.74, 6) is -0.944. The highest BCUT2D eigenvalue weighted by Crippen LogP contribution is 2.26. The molecule has 1 aromatic rings. The Balaban J connectivity index is 0.00000264. The summed E-state index contributed by atoms with van der Waals surface area (Å²) in [6.07, 6.45) is 0.0794. The molecule has 1 fully saturated rings. The smallest absolute Gasteiger partial charge is 0.238 e. The third-order valence-corrected chi connectivity index (χ3v) is 4.31. The Morgan fingerprint density at radius 1 is 1.39 bits per heavy atom. The molecule has 2 rings (SSSR count). The number of rotatable bonds is 5. The van der Waals surface area contributed by atoms with Crippen molar-refractivity contribution in [1.82, 2.24) is 5.32 Å². The van der Waals surface area contributed by atoms with Crippen LogP contribution in [0.3, 0.4) is 0 Å². The molecule has 2 amide bonds. The summed E-state index contributed by atoms with van der Waals surface area (Å²) in [5.41, 5.74) is 5.73. The third kappa shape index (κ3) is 4.64. The lowest BCUT2D eigenvalue weighted by Crippen LogP contribution is -2.35. The van der Waals surface area contributed by atoms with Crippen molar-refractivity contribution < 1.29 is 18.0 Å². The van der Waals surface area contributed by atoms with E-state index >= 15 is 0 Å². The molecule has 1 heterocycles. The number of hydrogen-bond acceptors (Lipinski definition) is 5. The Bertz CT molecular complexity index is 695. The van der Waals surface area contributed by atoms with Crippen LogP contribution in [-0.4, -0.2) is 39.9 Å². The Kier molecular flexibility index (Phi) is 6.51. The summed E-state index contributed by atoms with van der Waals surface area (Å²) in [4.78, 5) is 25.3. The molecule has 1 aliphatic rings. The van der Waals surface area contributed by atoms with Gasteiger partial charge in [0.05, 0.1) is 10.8 Å². The Labute approximate surface area is 140 Å². The predicted octanol–water partition coefficient (Wildman–Crippen LogP) is -0.816. The number of hydrogen-bond donors (Lipinski definition) is 3. The van der Waals surface area contributed by atoms with Crippen LogP contribution in [-0.2, 0) is 19.6 Å². The van der Waals surface area contributed by atoms with E-state index in [1.54, 1.807) is 6.07 Å². The van der Waals surface area contributed by atoms with Gasteiger partial charge in [0.1, 0.15) is 0 Å². The van der Waals surface area contributed by atoms with E-state index in [1.807, 2.05) is 0 Å². The van der Waals surface area contributed by atoms with Gasteiger partial charge in [-0.05, 0) is 18.2 Å². The fraction of sp³-hybridized carbons (Fsp3) is 0.385. The molecule has 8 nitrogen and oxygen atoms in total. The van der Waals surface area contributed by atoms with Gasteiger partial charge < -0.3 is 16.0 Å². The first kappa shape index (κ1) is 19.4. The lowest BCUT2D eigenvalue weighted by Gasteiger charge is -2.17. The van der Waals surface area contributed by atoms with Crippen LogP contribution in [0.1, 0.15) is 6.42 Å². The second-order valence-corrected chi connectivity index (χ2v) is 6.59. The molecular weight excluding hydrogens is 344 g/mol. The van der Waals surface area contributed by atoms with Gasteiger partial charge in [0.15, 0.2) is 0 Å². The number of primary sulfonamides is 1. The van der Waals surface area contributed by atoms with Gasteiger partial charge in [0, 0.05) is 31.7 Å². The fourth-order valence-corrected chi connectivity index (χ4v) is 2.85. The highest BCUT2D eigenvalue weighted by Gasteiger charge is 2.35. The van der Waals surface area contributed by atoms with Gasteiger partial charge in [-0.3, -0.25) is 9.59 Å². The van der Waals surface area contributed by atoms with Gasteiger partial charge in [-0.25, -0.2) is 13.6 Å². The molecule has 0 radical (unpaired) electrons. The molecule has 0 saturated carbocycles. The number of carbonyl (C=O) groups excluding carboxylic acids is 2. The van der Waals surface area contributed by atoms with Crippen molar-refractivity contribution in [1.29, 1.82) is 0 Å². The lowest BCUT2D eigenvalue weighted by molar-refractivity contribution is -0.126. The summed E-state index contributed by atoms with van der Waals surface area (Å²) in [6.45, 7) is 0.875. The Morgan fingerprint density at radius 2 is 2.09 bits per heavy atom. The average Bonchev–Trinajstić information content (AvgIpc) is 2.86. The lowest BCUT2D eigenvalue weighted by atomic mass is 10.1. The molecular formula is C13H19ClN4O4S. The average molecular weight is 363 g/mol. The van der Waals surface area contributed by atoms with Crippen molar-refractivity contribution in [2.24, 2.45) is 16.8 Å². The minimum absolute atomic E-state index is 0. The summed E-state index contributed by atoms with van der Waals surface area (Å²) in [6, 6.07) is 5.79. The molecule has 0 spiro atoms. The first-order valence-electron chi connectivity index (χ1n) is 6.74. The maximum atomic E-state index is 12.1. The van der Waals surface area contributed by atoms with Crippen LogP contribution >= 0.6 is 12.4 Å². The molecule has 10 heteroatoms. The van der Waals surface area contributed by atoms with Crippen molar-refractivity contribution in [3.8, 4) is 0 Å². The van der Waals surface area contributed by atoms with Gasteiger partial charge in [-0.2, -0.15) is 0 Å². The number of benzene rings is 1. The summed E-state index contributed by atoms with van der Waals surface area (Å²) < 4.78 is 22.7. The van der Waals surface area contributed by atoms with Crippen LogP contribution in [0.25, 0.3) is 0 Å². The van der Waals surface area contributed by atoms with E-state index in [0.29, 0.717) is 18.8 Å². The number of carbonyl (C=O) groups is 2. The van der Waals surface area contributed by atoms with Gasteiger partial charge in [-0.1, -0.05) is 6.07 Å². The monoisotopic (exact) mass is 362 g/mol. The van der Waals surface area contributed by atoms with E-state index in [-0.39, 0.29) is 42.1 Å². The van der Waals surface area contributed by atoms with Crippen molar-refractivity contribution in [3.63, 3.8) is 0 Å². The maximum Gasteiger partial charge on any atom is 0.238 e. The van der Waals surface area contributed by atoms with E-state index in [9.17, 15) is 18.0 Å². The van der Waals surface area contributed by atoms with E-state index < -0.39 is 15.9 Å². The minimum atomic E-state index is -3.85. The molecule has 1 aromatic carbocycles. The van der Waals surface area contributed by atoms with Crippen LogP contribution in [0.2, 0.25) is 0 Å². The topological polar surface area (TPSA) is 136 Å². The van der Waals surface area contributed by atoms with Crippen LogP contribution in [0.15, 0.2) is 29.2 Å². The molecule has 1 atom stereocenters. The predicted molar refractivity (Wildman–Crippen MR) is 87.6 cm³/mol. The summed E-state index contributed by atoms with van der Waals surface area (Å²) in [7, 11) is -3.85. The highest BCUT2D eigenvalue weighted by atomic mass is 35.5. The zero-order chi connectivity index (χ0) is 16.3. The number of amides is 2. The number of nitrogens with two attached hydrogens (primary N) is 2. The molecule has 128 valence electrons. The molecule has 23 heavy (non-hydrogen) atoms. The number of nitrogens with zero attached hydrogens (tertiary/aromatic N) is 1. The Hall–Kier alpha value is -1.68. The van der Waals surface area contributed by atoms with Crippen molar-refractivity contribution in [2.45, 2.75) is 11.3 Å². The standard InChI is InChI=1S/C13H18N4O4S.ClH/c14-4-5-16-13(19)9-6-12(18)17(8-9)10-2-1-3-11(7-10)22(15,20)21;/h1-3,7,9H,4-6,8,14H2,(H,16,19)(H2,15,20,21);1H. The molecule has 1 saturated heterocycles. The third-order valence-electron chi connectivity index (χ3n) is 3.40. The largest absolute Gasteiger partial charge is 0.355 e. The summed E-state index contributed by atoms with van der Waals surface area (Å²) >= 11 is 0. The molecule has 1 unspecified atom stereocenters. The number of halogens is 1. The minimum Gasteiger partial charge on any atom is -0.355 e. The molecule has 0 bridgehead atoms. The maximum absolute atomic E-state index is 12.1. The SMILES string of the molecule is Cl.NCCNC(=O)C1CC(=O)N(c2cccc(S(N)(=O)=O)c2)C1. The normalized spacial score (nSPS) is 17.7. The molecule has 0 aliphatic carbocycles. The zero-order valence-electron chi connectivity index (χ0n) is 12.3. The number of sulfonamides is 1. The second kappa shape index (κ2) is 7.73. The fourth-order valence-electron chi connectivity index (χ4n) is 2.30. The molecule has 5 N–H and O–H groups in total. The van der Waals surface area contributed by atoms with Crippen LogP contribution < -0.4 is 21.1 Å². The van der Waals surface area contributed by atoms with E-state index in [1.165, 1.54) is 23.1 Å². The summed E-state index contributed by atoms with van der Waals surface area (Å²) in [5, 5.41) is 7.73. The van der Waals surface area contributed by atoms with E-state index in [2.05, 4.69) is 5.32 Å². The second-order valence-electron chi connectivity index (χ2n) is 5.03. The first-order chi connectivity index (χ1) is 10.3.